The van der Waals surface area contributed by atoms with Gasteiger partial charge in [-0.1, -0.05) is 18.2 Å². The summed E-state index contributed by atoms with van der Waals surface area (Å²) in [6.07, 6.45) is 1.81. The normalized spacial score (nSPS) is 16.8. The highest BCUT2D eigenvalue weighted by Crippen LogP contribution is 2.38. The fourth-order valence-corrected chi connectivity index (χ4v) is 3.85. The SMILES string of the molecule is CCOc1cc(/C=C2\SC(=Nc3ccccc3)NC2=O)cc(Br)c1OC. The van der Waals surface area contributed by atoms with Crippen molar-refractivity contribution < 1.29 is 14.3 Å². The Balaban J connectivity index is 1.88. The predicted molar refractivity (Wildman–Crippen MR) is 109 cm³/mol. The van der Waals surface area contributed by atoms with Crippen molar-refractivity contribution >= 4 is 50.5 Å². The number of aliphatic imine (C=N–C) groups is 1. The summed E-state index contributed by atoms with van der Waals surface area (Å²) in [7, 11) is 1.59. The zero-order valence-corrected chi connectivity index (χ0v) is 16.7. The van der Waals surface area contributed by atoms with Crippen LogP contribution in [0.5, 0.6) is 11.5 Å². The number of para-hydroxylation sites is 1. The molecular weight excluding hydrogens is 416 g/mol. The van der Waals surface area contributed by atoms with Crippen LogP contribution >= 0.6 is 27.7 Å². The number of nitrogens with zero attached hydrogens (tertiary/aromatic N) is 1. The van der Waals surface area contributed by atoms with Gasteiger partial charge in [-0.05, 0) is 70.5 Å². The second-order valence-electron chi connectivity index (χ2n) is 5.28. The van der Waals surface area contributed by atoms with Crippen LogP contribution in [0.4, 0.5) is 5.69 Å². The molecule has 1 saturated heterocycles. The van der Waals surface area contributed by atoms with E-state index in [1.807, 2.05) is 49.4 Å². The maximum absolute atomic E-state index is 12.2. The number of methoxy groups -OCH3 is 1. The van der Waals surface area contributed by atoms with Crippen molar-refractivity contribution in [3.05, 3.63) is 57.4 Å². The number of benzene rings is 2. The molecule has 7 heteroatoms. The number of amides is 1. The lowest BCUT2D eigenvalue weighted by molar-refractivity contribution is -0.115. The third-order valence-corrected chi connectivity index (χ3v) is 4.97. The number of carbonyl (C=O) groups excluding carboxylic acids is 1. The molecular formula is C19H17BrN2O3S. The second kappa shape index (κ2) is 8.42. The zero-order valence-electron chi connectivity index (χ0n) is 14.3. The van der Waals surface area contributed by atoms with E-state index in [1.54, 1.807) is 13.2 Å². The first-order chi connectivity index (χ1) is 12.6. The van der Waals surface area contributed by atoms with Crippen LogP contribution < -0.4 is 14.8 Å². The average Bonchev–Trinajstić information content (AvgIpc) is 2.95. The summed E-state index contributed by atoms with van der Waals surface area (Å²) in [6.45, 7) is 2.43. The maximum Gasteiger partial charge on any atom is 0.264 e. The summed E-state index contributed by atoms with van der Waals surface area (Å²) in [5.74, 6) is 1.08. The quantitative estimate of drug-likeness (QED) is 0.692. The molecule has 3 rings (SSSR count). The Bertz CT molecular complexity index is 882. The van der Waals surface area contributed by atoms with Gasteiger partial charge in [0.15, 0.2) is 16.7 Å². The Kier molecular flexibility index (Phi) is 6.00. The molecule has 0 spiro atoms. The number of hydrogen-bond donors (Lipinski definition) is 1. The maximum atomic E-state index is 12.2. The van der Waals surface area contributed by atoms with Crippen molar-refractivity contribution in [3.63, 3.8) is 0 Å². The largest absolute Gasteiger partial charge is 0.492 e. The van der Waals surface area contributed by atoms with Crippen molar-refractivity contribution in [2.45, 2.75) is 6.92 Å². The molecule has 0 bridgehead atoms. The van der Waals surface area contributed by atoms with Gasteiger partial charge in [-0.25, -0.2) is 4.99 Å². The number of thioether (sulfide) groups is 1. The minimum atomic E-state index is -0.172. The lowest BCUT2D eigenvalue weighted by atomic mass is 10.2. The molecule has 134 valence electrons. The topological polar surface area (TPSA) is 59.9 Å². The summed E-state index contributed by atoms with van der Waals surface area (Å²) in [4.78, 5) is 17.3. The minimum Gasteiger partial charge on any atom is -0.492 e. The summed E-state index contributed by atoms with van der Waals surface area (Å²) < 4.78 is 11.8. The molecule has 0 atom stereocenters. The molecule has 0 radical (unpaired) electrons. The van der Waals surface area contributed by atoms with Crippen LogP contribution in [0.1, 0.15) is 12.5 Å². The van der Waals surface area contributed by atoms with Gasteiger partial charge < -0.3 is 14.8 Å². The number of rotatable bonds is 5. The predicted octanol–water partition coefficient (Wildman–Crippen LogP) is 4.75. The Morgan fingerprint density at radius 1 is 1.27 bits per heavy atom. The lowest BCUT2D eigenvalue weighted by Gasteiger charge is -2.12. The first-order valence-electron chi connectivity index (χ1n) is 7.95. The van der Waals surface area contributed by atoms with Crippen LogP contribution in [0.2, 0.25) is 0 Å². The molecule has 0 saturated carbocycles. The van der Waals surface area contributed by atoms with Crippen molar-refractivity contribution in [3.8, 4) is 11.5 Å². The molecule has 0 unspecified atom stereocenters. The van der Waals surface area contributed by atoms with E-state index in [4.69, 9.17) is 9.47 Å². The molecule has 0 aromatic heterocycles. The summed E-state index contributed by atoms with van der Waals surface area (Å²) in [5.41, 5.74) is 1.63. The monoisotopic (exact) mass is 432 g/mol. The molecule has 1 heterocycles. The molecule has 1 fully saturated rings. The van der Waals surface area contributed by atoms with E-state index in [2.05, 4.69) is 26.2 Å². The fourth-order valence-electron chi connectivity index (χ4n) is 2.38. The number of hydrogen-bond acceptors (Lipinski definition) is 5. The number of halogens is 1. The third kappa shape index (κ3) is 4.28. The molecule has 1 aliphatic rings. The number of nitrogens with one attached hydrogen (secondary N) is 1. The first kappa shape index (κ1) is 18.5. The van der Waals surface area contributed by atoms with Gasteiger partial charge in [-0.15, -0.1) is 0 Å². The highest BCUT2D eigenvalue weighted by molar-refractivity contribution is 9.10. The van der Waals surface area contributed by atoms with Gasteiger partial charge >= 0.3 is 0 Å². The van der Waals surface area contributed by atoms with Crippen LogP contribution in [-0.4, -0.2) is 24.8 Å². The van der Waals surface area contributed by atoms with E-state index in [0.717, 1.165) is 15.7 Å². The third-order valence-electron chi connectivity index (χ3n) is 3.47. The molecule has 1 N–H and O–H groups in total. The van der Waals surface area contributed by atoms with E-state index in [0.29, 0.717) is 28.2 Å². The van der Waals surface area contributed by atoms with Crippen molar-refractivity contribution in [1.82, 2.24) is 5.32 Å². The summed E-state index contributed by atoms with van der Waals surface area (Å²) in [5, 5.41) is 3.35. The Morgan fingerprint density at radius 2 is 2.04 bits per heavy atom. The smallest absolute Gasteiger partial charge is 0.264 e. The van der Waals surface area contributed by atoms with Crippen LogP contribution in [0, 0.1) is 0 Å². The minimum absolute atomic E-state index is 0.172. The van der Waals surface area contributed by atoms with Crippen LogP contribution in [0.15, 0.2) is 56.8 Å². The highest BCUT2D eigenvalue weighted by atomic mass is 79.9. The van der Waals surface area contributed by atoms with Gasteiger partial charge in [0.1, 0.15) is 0 Å². The van der Waals surface area contributed by atoms with Crippen LogP contribution in [0.25, 0.3) is 6.08 Å². The van der Waals surface area contributed by atoms with Crippen LogP contribution in [0.3, 0.4) is 0 Å². The molecule has 1 aliphatic heterocycles. The zero-order chi connectivity index (χ0) is 18.5. The molecule has 26 heavy (non-hydrogen) atoms. The van der Waals surface area contributed by atoms with Crippen molar-refractivity contribution in [2.24, 2.45) is 4.99 Å². The second-order valence-corrected chi connectivity index (χ2v) is 7.17. The van der Waals surface area contributed by atoms with E-state index >= 15 is 0 Å². The number of carbonyl (C=O) groups is 1. The number of ether oxygens (including phenoxy) is 2. The summed E-state index contributed by atoms with van der Waals surface area (Å²) in [6, 6.07) is 13.2. The first-order valence-corrected chi connectivity index (χ1v) is 9.56. The lowest BCUT2D eigenvalue weighted by Crippen LogP contribution is -2.19. The summed E-state index contributed by atoms with van der Waals surface area (Å²) >= 11 is 4.79. The molecule has 2 aromatic rings. The molecule has 1 amide bonds. The molecule has 5 nitrogen and oxygen atoms in total. The van der Waals surface area contributed by atoms with E-state index in [9.17, 15) is 4.79 Å². The van der Waals surface area contributed by atoms with Gasteiger partial charge in [0.25, 0.3) is 5.91 Å². The highest BCUT2D eigenvalue weighted by Gasteiger charge is 2.24. The fraction of sp³-hybridized carbons (Fsp3) is 0.158. The molecule has 2 aromatic carbocycles. The van der Waals surface area contributed by atoms with Gasteiger partial charge in [-0.2, -0.15) is 0 Å². The van der Waals surface area contributed by atoms with Gasteiger partial charge in [0.2, 0.25) is 0 Å². The van der Waals surface area contributed by atoms with E-state index in [-0.39, 0.29) is 5.91 Å². The standard InChI is InChI=1S/C19H17BrN2O3S/c1-3-25-15-10-12(9-14(20)17(15)24-2)11-16-18(23)22-19(26-16)21-13-7-5-4-6-8-13/h4-11H,3H2,1-2H3,(H,21,22,23)/b16-11-. The van der Waals surface area contributed by atoms with E-state index in [1.165, 1.54) is 11.8 Å². The van der Waals surface area contributed by atoms with E-state index < -0.39 is 0 Å². The number of amidine groups is 1. The van der Waals surface area contributed by atoms with Crippen LogP contribution in [-0.2, 0) is 4.79 Å². The Labute approximate surface area is 164 Å². The Hall–Kier alpha value is -2.25. The van der Waals surface area contributed by atoms with Crippen molar-refractivity contribution in [2.75, 3.05) is 13.7 Å². The van der Waals surface area contributed by atoms with Gasteiger partial charge in [0, 0.05) is 0 Å². The molecule has 0 aliphatic carbocycles. The Morgan fingerprint density at radius 3 is 2.73 bits per heavy atom. The average molecular weight is 433 g/mol. The van der Waals surface area contributed by atoms with Gasteiger partial charge in [-0.3, -0.25) is 4.79 Å². The van der Waals surface area contributed by atoms with Gasteiger partial charge in [0.05, 0.1) is 28.8 Å². The van der Waals surface area contributed by atoms with Crippen molar-refractivity contribution in [1.29, 1.82) is 0 Å².